The summed E-state index contributed by atoms with van der Waals surface area (Å²) in [4.78, 5) is 0. The zero-order chi connectivity index (χ0) is 28.6. The van der Waals surface area contributed by atoms with Crippen molar-refractivity contribution in [1.29, 1.82) is 0 Å². The first-order valence-electron chi connectivity index (χ1n) is 15.9. The van der Waals surface area contributed by atoms with Crippen molar-refractivity contribution in [3.05, 3.63) is 11.6 Å². The maximum absolute atomic E-state index is 10.3. The summed E-state index contributed by atoms with van der Waals surface area (Å²) in [5.41, 5.74) is 2.38. The van der Waals surface area contributed by atoms with Crippen LogP contribution >= 0.6 is 0 Å². The van der Waals surface area contributed by atoms with Crippen LogP contribution < -0.4 is 0 Å². The van der Waals surface area contributed by atoms with Crippen LogP contribution in [0.5, 0.6) is 0 Å². The average molecular weight is 563 g/mol. The van der Waals surface area contributed by atoms with Crippen LogP contribution in [0, 0.1) is 28.1 Å². The molecule has 4 aliphatic carbocycles. The molecule has 220 valence electrons. The van der Waals surface area contributed by atoms with E-state index in [-0.39, 0.29) is 26.3 Å². The van der Waals surface area contributed by atoms with Crippen LogP contribution in [0.4, 0.5) is 0 Å². The zero-order valence-corrected chi connectivity index (χ0v) is 29.2. The van der Waals surface area contributed by atoms with Gasteiger partial charge in [-0.2, -0.15) is 0 Å². The molecule has 0 heterocycles. The Hall–Kier alpha value is 0.0538. The first-order valence-corrected chi connectivity index (χ1v) is 21.7. The van der Waals surface area contributed by atoms with Gasteiger partial charge in [-0.15, -0.1) is 0 Å². The monoisotopic (exact) mass is 562 g/mol. The lowest BCUT2D eigenvalue weighted by molar-refractivity contribution is -0.0913. The molecule has 1 N–H and O–H groups in total. The summed E-state index contributed by atoms with van der Waals surface area (Å²) in [7, 11) is -3.62. The fraction of sp³-hybridized carbons (Fsp3) is 0.939. The maximum atomic E-state index is 10.3. The summed E-state index contributed by atoms with van der Waals surface area (Å²) in [6.45, 7) is 29.3. The number of rotatable bonds is 6. The molecule has 7 atom stereocenters. The van der Waals surface area contributed by atoms with Gasteiger partial charge in [-0.05, 0) is 122 Å². The smallest absolute Gasteiger partial charge is 0.192 e. The molecule has 38 heavy (non-hydrogen) atoms. The van der Waals surface area contributed by atoms with Crippen LogP contribution in [0.3, 0.4) is 0 Å². The SMILES string of the molecule is CC(C)(C)[Si](C)(C)O[C@H]1CC[C@]2(C)C3=CC[C@]4(C)[C@@H](O[Si](C)(C)C(C)(C)C)CC[C@H]4[C@@H]3CC[C@]2(CCO)C1. The summed E-state index contributed by atoms with van der Waals surface area (Å²) in [5.74, 6) is 1.43. The molecule has 3 saturated carbocycles. The lowest BCUT2D eigenvalue weighted by Gasteiger charge is -2.63. The van der Waals surface area contributed by atoms with E-state index in [9.17, 15) is 5.11 Å². The van der Waals surface area contributed by atoms with Crippen LogP contribution in [-0.4, -0.2) is 40.6 Å². The Morgan fingerprint density at radius 1 is 0.868 bits per heavy atom. The molecule has 4 rings (SSSR count). The quantitative estimate of drug-likeness (QED) is 0.259. The highest BCUT2D eigenvalue weighted by molar-refractivity contribution is 6.74. The van der Waals surface area contributed by atoms with Crippen molar-refractivity contribution in [1.82, 2.24) is 0 Å². The number of hydrogen-bond acceptors (Lipinski definition) is 3. The minimum absolute atomic E-state index is 0.165. The Balaban J connectivity index is 1.61. The van der Waals surface area contributed by atoms with Crippen molar-refractivity contribution in [3.8, 4) is 0 Å². The summed E-state index contributed by atoms with van der Waals surface area (Å²) in [6, 6.07) is 0. The highest BCUT2D eigenvalue weighted by Gasteiger charge is 2.63. The van der Waals surface area contributed by atoms with Crippen molar-refractivity contribution < 1.29 is 14.0 Å². The summed E-state index contributed by atoms with van der Waals surface area (Å²) >= 11 is 0. The molecule has 3 fully saturated rings. The zero-order valence-electron chi connectivity index (χ0n) is 27.2. The Kier molecular flexibility index (Phi) is 8.01. The third-order valence-corrected chi connectivity index (χ3v) is 22.4. The standard InChI is InChI=1S/C33H62O3Si2/c1-29(2,3)37(9,10)35-24-15-19-32(8)27-17-18-31(7)26(25(27)16-20-33(32,23-24)21-22-34)13-14-28(31)36-38(11,12)30(4,5)6/h17,24-26,28,34H,13-16,18-23H2,1-12H3/t24-,25-,26-,28-,31-,32+,33-/m0/s1. The largest absolute Gasteiger partial charge is 0.414 e. The second-order valence-corrected chi connectivity index (χ2v) is 26.9. The molecular weight excluding hydrogens is 501 g/mol. The molecule has 3 nitrogen and oxygen atoms in total. The fourth-order valence-electron chi connectivity index (χ4n) is 8.74. The second kappa shape index (κ2) is 9.81. The topological polar surface area (TPSA) is 38.7 Å². The predicted molar refractivity (Wildman–Crippen MR) is 166 cm³/mol. The van der Waals surface area contributed by atoms with Gasteiger partial charge in [-0.25, -0.2) is 0 Å². The van der Waals surface area contributed by atoms with E-state index >= 15 is 0 Å². The van der Waals surface area contributed by atoms with E-state index in [0.717, 1.165) is 25.2 Å². The normalized spacial score (nSPS) is 40.3. The third-order valence-electron chi connectivity index (χ3n) is 13.4. The van der Waals surface area contributed by atoms with Gasteiger partial charge in [0.2, 0.25) is 0 Å². The molecular formula is C33H62O3Si2. The Morgan fingerprint density at radius 3 is 2.05 bits per heavy atom. The van der Waals surface area contributed by atoms with E-state index in [1.807, 2.05) is 0 Å². The predicted octanol–water partition coefficient (Wildman–Crippen LogP) is 9.48. The van der Waals surface area contributed by atoms with E-state index in [4.69, 9.17) is 8.85 Å². The molecule has 4 aliphatic rings. The van der Waals surface area contributed by atoms with Gasteiger partial charge < -0.3 is 14.0 Å². The van der Waals surface area contributed by atoms with Gasteiger partial charge in [0.05, 0.1) is 6.10 Å². The van der Waals surface area contributed by atoms with Crippen LogP contribution in [-0.2, 0) is 8.85 Å². The van der Waals surface area contributed by atoms with E-state index < -0.39 is 16.6 Å². The maximum Gasteiger partial charge on any atom is 0.192 e. The van der Waals surface area contributed by atoms with Crippen LogP contribution in [0.15, 0.2) is 11.6 Å². The number of aliphatic hydroxyl groups excluding tert-OH is 1. The first-order chi connectivity index (χ1) is 17.2. The van der Waals surface area contributed by atoms with E-state index in [0.29, 0.717) is 24.7 Å². The van der Waals surface area contributed by atoms with Crippen molar-refractivity contribution in [2.24, 2.45) is 28.1 Å². The third kappa shape index (κ3) is 4.90. The van der Waals surface area contributed by atoms with Gasteiger partial charge in [0, 0.05) is 12.7 Å². The van der Waals surface area contributed by atoms with Crippen molar-refractivity contribution in [2.45, 2.75) is 162 Å². The summed E-state index contributed by atoms with van der Waals surface area (Å²) < 4.78 is 14.2. The van der Waals surface area contributed by atoms with Gasteiger partial charge in [-0.3, -0.25) is 0 Å². The van der Waals surface area contributed by atoms with Gasteiger partial charge in [-0.1, -0.05) is 67.0 Å². The Labute approximate surface area is 238 Å². The van der Waals surface area contributed by atoms with Crippen LogP contribution in [0.2, 0.25) is 36.3 Å². The molecule has 0 unspecified atom stereocenters. The number of fused-ring (bicyclic) bond motifs is 5. The van der Waals surface area contributed by atoms with Crippen LogP contribution in [0.25, 0.3) is 0 Å². The molecule has 0 aromatic rings. The molecule has 0 saturated heterocycles. The van der Waals surface area contributed by atoms with Crippen molar-refractivity contribution in [3.63, 3.8) is 0 Å². The first kappa shape index (κ1) is 31.0. The number of aliphatic hydroxyl groups is 1. The van der Waals surface area contributed by atoms with Crippen LogP contribution in [0.1, 0.15) is 113 Å². The molecule has 5 heteroatoms. The second-order valence-electron chi connectivity index (χ2n) is 17.4. The van der Waals surface area contributed by atoms with Crippen molar-refractivity contribution in [2.75, 3.05) is 6.61 Å². The highest BCUT2D eigenvalue weighted by Crippen LogP contribution is 2.70. The van der Waals surface area contributed by atoms with Crippen molar-refractivity contribution >= 4 is 16.6 Å². The summed E-state index contributed by atoms with van der Waals surface area (Å²) in [6.07, 6.45) is 14.1. The Bertz CT molecular complexity index is 912. The highest BCUT2D eigenvalue weighted by atomic mass is 28.4. The van der Waals surface area contributed by atoms with E-state index in [1.165, 1.54) is 38.5 Å². The number of hydrogen-bond donors (Lipinski definition) is 1. The van der Waals surface area contributed by atoms with E-state index in [1.54, 1.807) is 5.57 Å². The van der Waals surface area contributed by atoms with Gasteiger partial charge >= 0.3 is 0 Å². The molecule has 0 bridgehead atoms. The van der Waals surface area contributed by atoms with Gasteiger partial charge in [0.25, 0.3) is 0 Å². The number of allylic oxidation sites excluding steroid dienone is 2. The van der Waals surface area contributed by atoms with E-state index in [2.05, 4.69) is 87.7 Å². The van der Waals surface area contributed by atoms with Gasteiger partial charge in [0.15, 0.2) is 16.6 Å². The lowest BCUT2D eigenvalue weighted by Crippen LogP contribution is -2.57. The minimum atomic E-state index is -1.82. The molecule has 0 aliphatic heterocycles. The Morgan fingerprint density at radius 2 is 1.47 bits per heavy atom. The molecule has 0 radical (unpaired) electrons. The average Bonchev–Trinajstić information content (AvgIpc) is 3.08. The lowest BCUT2D eigenvalue weighted by atomic mass is 9.42. The molecule has 0 spiro atoms. The van der Waals surface area contributed by atoms with Gasteiger partial charge in [0.1, 0.15) is 0 Å². The molecule has 0 aromatic heterocycles. The fourth-order valence-corrected chi connectivity index (χ4v) is 11.6. The summed E-state index contributed by atoms with van der Waals surface area (Å²) in [5, 5.41) is 10.8. The molecule has 0 amide bonds. The molecule has 0 aromatic carbocycles. The minimum Gasteiger partial charge on any atom is -0.414 e.